The predicted molar refractivity (Wildman–Crippen MR) is 86.9 cm³/mol. The van der Waals surface area contributed by atoms with Gasteiger partial charge in [-0.3, -0.25) is 0 Å². The van der Waals surface area contributed by atoms with Crippen LogP contribution in [0.4, 0.5) is 0 Å². The van der Waals surface area contributed by atoms with Crippen LogP contribution in [-0.2, 0) is 0 Å². The van der Waals surface area contributed by atoms with Gasteiger partial charge in [-0.1, -0.05) is 32.0 Å². The smallest absolute Gasteiger partial charge is 0.122 e. The zero-order valence-electron chi connectivity index (χ0n) is 13.6. The Kier molecular flexibility index (Phi) is 5.65. The zero-order valence-corrected chi connectivity index (χ0v) is 13.6. The Bertz CT molecular complexity index is 441. The molecule has 3 heteroatoms. The maximum atomic E-state index is 10.7. The summed E-state index contributed by atoms with van der Waals surface area (Å²) in [6.07, 6.45) is 2.67. The van der Waals surface area contributed by atoms with Crippen molar-refractivity contribution < 1.29 is 9.84 Å². The van der Waals surface area contributed by atoms with Crippen molar-refractivity contribution in [1.29, 1.82) is 0 Å². The highest BCUT2D eigenvalue weighted by atomic mass is 16.5. The third kappa shape index (κ3) is 4.45. The molecule has 2 unspecified atom stereocenters. The summed E-state index contributed by atoms with van der Waals surface area (Å²) in [6.45, 7) is 10.3. The average Bonchev–Trinajstić information content (AvgIpc) is 2.86. The van der Waals surface area contributed by atoms with Crippen LogP contribution in [0.2, 0.25) is 0 Å². The molecule has 1 aliphatic heterocycles. The van der Waals surface area contributed by atoms with Gasteiger partial charge >= 0.3 is 0 Å². The van der Waals surface area contributed by atoms with E-state index in [9.17, 15) is 5.11 Å². The van der Waals surface area contributed by atoms with Crippen LogP contribution in [0.15, 0.2) is 24.3 Å². The first-order chi connectivity index (χ1) is 10.1. The molecule has 1 aromatic carbocycles. The summed E-state index contributed by atoms with van der Waals surface area (Å²) >= 11 is 0. The van der Waals surface area contributed by atoms with Gasteiger partial charge in [0.15, 0.2) is 0 Å². The minimum atomic E-state index is -0.612. The molecule has 2 atom stereocenters. The van der Waals surface area contributed by atoms with Crippen molar-refractivity contribution in [3.63, 3.8) is 0 Å². The minimum Gasteiger partial charge on any atom is -0.493 e. The van der Waals surface area contributed by atoms with Crippen LogP contribution in [0.1, 0.15) is 51.5 Å². The molecule has 1 heterocycles. The highest BCUT2D eigenvalue weighted by molar-refractivity contribution is 5.39. The molecule has 1 aromatic rings. The lowest BCUT2D eigenvalue weighted by molar-refractivity contribution is 0.0282. The topological polar surface area (TPSA) is 32.7 Å². The molecule has 118 valence electrons. The van der Waals surface area contributed by atoms with Crippen molar-refractivity contribution in [2.75, 3.05) is 26.2 Å². The summed E-state index contributed by atoms with van der Waals surface area (Å²) in [5.74, 6) is 1.31. The summed E-state index contributed by atoms with van der Waals surface area (Å²) in [6, 6.07) is 8.20. The van der Waals surface area contributed by atoms with Crippen LogP contribution in [-0.4, -0.2) is 41.8 Å². The van der Waals surface area contributed by atoms with E-state index in [0.717, 1.165) is 44.6 Å². The van der Waals surface area contributed by atoms with Crippen molar-refractivity contribution in [3.05, 3.63) is 29.8 Å². The molecular weight excluding hydrogens is 262 g/mol. The monoisotopic (exact) mass is 291 g/mol. The molecule has 0 amide bonds. The maximum Gasteiger partial charge on any atom is 0.122 e. The first kappa shape index (κ1) is 16.3. The molecular formula is C18H29NO2. The van der Waals surface area contributed by atoms with Gasteiger partial charge in [-0.25, -0.2) is 0 Å². The lowest BCUT2D eigenvalue weighted by Crippen LogP contribution is -2.30. The number of hydrogen-bond donors (Lipinski definition) is 1. The molecule has 0 radical (unpaired) electrons. The number of nitrogens with zero attached hydrogens (tertiary/aromatic N) is 1. The third-order valence-corrected chi connectivity index (χ3v) is 4.57. The van der Waals surface area contributed by atoms with Gasteiger partial charge in [0.1, 0.15) is 5.75 Å². The Morgan fingerprint density at radius 1 is 1.29 bits per heavy atom. The van der Waals surface area contributed by atoms with E-state index in [1.807, 2.05) is 19.1 Å². The van der Waals surface area contributed by atoms with E-state index in [1.165, 1.54) is 5.56 Å². The number of ether oxygens (including phenoxy) is 1. The fraction of sp³-hybridized carbons (Fsp3) is 0.667. The van der Waals surface area contributed by atoms with Crippen molar-refractivity contribution in [2.45, 2.75) is 51.6 Å². The molecule has 0 fully saturated rings. The van der Waals surface area contributed by atoms with Gasteiger partial charge in [0.2, 0.25) is 0 Å². The second kappa shape index (κ2) is 7.28. The molecule has 1 N–H and O–H groups in total. The molecule has 0 bridgehead atoms. The molecule has 0 saturated carbocycles. The molecule has 0 aromatic heterocycles. The standard InChI is InChI=1S/C18H29NO2/c1-4-19(5-2)12-8-11-18(3,20)13-15-14-21-17-10-7-6-9-16(15)17/h6-7,9-10,15,20H,4-5,8,11-14H2,1-3H3. The number of aliphatic hydroxyl groups is 1. The van der Waals surface area contributed by atoms with Crippen LogP contribution >= 0.6 is 0 Å². The molecule has 3 nitrogen and oxygen atoms in total. The minimum absolute atomic E-state index is 0.324. The van der Waals surface area contributed by atoms with Crippen molar-refractivity contribution in [2.24, 2.45) is 0 Å². The highest BCUT2D eigenvalue weighted by Gasteiger charge is 2.31. The average molecular weight is 291 g/mol. The molecule has 21 heavy (non-hydrogen) atoms. The largest absolute Gasteiger partial charge is 0.493 e. The van der Waals surface area contributed by atoms with E-state index in [1.54, 1.807) is 0 Å². The Morgan fingerprint density at radius 3 is 2.71 bits per heavy atom. The quantitative estimate of drug-likeness (QED) is 0.796. The summed E-state index contributed by atoms with van der Waals surface area (Å²) in [7, 11) is 0. The number of para-hydroxylation sites is 1. The summed E-state index contributed by atoms with van der Waals surface area (Å²) < 4.78 is 5.72. The SMILES string of the molecule is CCN(CC)CCCC(C)(O)CC1COc2ccccc21. The predicted octanol–water partition coefficient (Wildman–Crippen LogP) is 3.43. The maximum absolute atomic E-state index is 10.7. The fourth-order valence-electron chi connectivity index (χ4n) is 3.25. The van der Waals surface area contributed by atoms with E-state index in [2.05, 4.69) is 30.9 Å². The van der Waals surface area contributed by atoms with Gasteiger partial charge in [-0.15, -0.1) is 0 Å². The lowest BCUT2D eigenvalue weighted by atomic mass is 9.85. The van der Waals surface area contributed by atoms with Gasteiger partial charge in [-0.2, -0.15) is 0 Å². The molecule has 0 spiro atoms. The first-order valence-electron chi connectivity index (χ1n) is 8.22. The molecule has 0 aliphatic carbocycles. The van der Waals surface area contributed by atoms with Gasteiger partial charge in [0.25, 0.3) is 0 Å². The summed E-state index contributed by atoms with van der Waals surface area (Å²) in [4.78, 5) is 2.41. The van der Waals surface area contributed by atoms with E-state index in [0.29, 0.717) is 12.5 Å². The van der Waals surface area contributed by atoms with E-state index >= 15 is 0 Å². The van der Waals surface area contributed by atoms with Gasteiger partial charge in [0, 0.05) is 11.5 Å². The number of rotatable bonds is 8. The normalized spacial score (nSPS) is 20.1. The summed E-state index contributed by atoms with van der Waals surface area (Å²) in [5.41, 5.74) is 0.639. The highest BCUT2D eigenvalue weighted by Crippen LogP contribution is 2.39. The Hall–Kier alpha value is -1.06. The summed E-state index contributed by atoms with van der Waals surface area (Å²) in [5, 5.41) is 10.7. The van der Waals surface area contributed by atoms with Crippen molar-refractivity contribution >= 4 is 0 Å². The van der Waals surface area contributed by atoms with Gasteiger partial charge < -0.3 is 14.7 Å². The van der Waals surface area contributed by atoms with E-state index < -0.39 is 5.60 Å². The number of hydrogen-bond acceptors (Lipinski definition) is 3. The number of fused-ring (bicyclic) bond motifs is 1. The van der Waals surface area contributed by atoms with Gasteiger partial charge in [-0.05, 0) is 51.9 Å². The van der Waals surface area contributed by atoms with Crippen LogP contribution in [0.25, 0.3) is 0 Å². The second-order valence-electron chi connectivity index (χ2n) is 6.38. The Balaban J connectivity index is 1.84. The Morgan fingerprint density at radius 2 is 2.00 bits per heavy atom. The van der Waals surface area contributed by atoms with Crippen molar-refractivity contribution in [1.82, 2.24) is 4.90 Å². The second-order valence-corrected chi connectivity index (χ2v) is 6.38. The van der Waals surface area contributed by atoms with Crippen LogP contribution in [0.3, 0.4) is 0 Å². The third-order valence-electron chi connectivity index (χ3n) is 4.57. The lowest BCUT2D eigenvalue weighted by Gasteiger charge is -2.27. The first-order valence-corrected chi connectivity index (χ1v) is 8.22. The van der Waals surface area contributed by atoms with E-state index in [-0.39, 0.29) is 0 Å². The van der Waals surface area contributed by atoms with Crippen molar-refractivity contribution in [3.8, 4) is 5.75 Å². The van der Waals surface area contributed by atoms with Crippen LogP contribution in [0.5, 0.6) is 5.75 Å². The molecule has 1 aliphatic rings. The molecule has 0 saturated heterocycles. The van der Waals surface area contributed by atoms with Crippen LogP contribution in [0, 0.1) is 0 Å². The molecule has 2 rings (SSSR count). The van der Waals surface area contributed by atoms with Gasteiger partial charge in [0.05, 0.1) is 12.2 Å². The van der Waals surface area contributed by atoms with E-state index in [4.69, 9.17) is 4.74 Å². The fourth-order valence-corrected chi connectivity index (χ4v) is 3.25. The zero-order chi connectivity index (χ0) is 15.3. The Labute approximate surface area is 128 Å². The number of benzene rings is 1. The van der Waals surface area contributed by atoms with Crippen LogP contribution < -0.4 is 4.74 Å².